The van der Waals surface area contributed by atoms with Crippen molar-refractivity contribution < 1.29 is 8.42 Å². The van der Waals surface area contributed by atoms with Gasteiger partial charge in [0.25, 0.3) is 10.0 Å². The first kappa shape index (κ1) is 8.18. The van der Waals surface area contributed by atoms with Crippen molar-refractivity contribution >= 4 is 21.7 Å². The van der Waals surface area contributed by atoms with Gasteiger partial charge in [0.2, 0.25) is 0 Å². The van der Waals surface area contributed by atoms with E-state index in [1.54, 1.807) is 13.0 Å². The van der Waals surface area contributed by atoms with Crippen LogP contribution in [0.15, 0.2) is 27.6 Å². The van der Waals surface area contributed by atoms with Crippen molar-refractivity contribution in [2.45, 2.75) is 11.8 Å². The van der Waals surface area contributed by atoms with Gasteiger partial charge < -0.3 is 5.32 Å². The number of nitrogens with one attached hydrogen (secondary N) is 1. The van der Waals surface area contributed by atoms with E-state index in [0.29, 0.717) is 11.7 Å². The highest BCUT2D eigenvalue weighted by molar-refractivity contribution is 7.90. The van der Waals surface area contributed by atoms with E-state index in [1.807, 2.05) is 0 Å². The Morgan fingerprint density at radius 1 is 1.46 bits per heavy atom. The van der Waals surface area contributed by atoms with Crippen molar-refractivity contribution in [3.63, 3.8) is 0 Å². The molecule has 1 aliphatic rings. The number of hydrogen-bond donors (Lipinski definition) is 1. The fraction of sp³-hybridized carbons (Fsp3) is 0.143. The lowest BCUT2D eigenvalue weighted by atomic mass is 10.4. The van der Waals surface area contributed by atoms with E-state index in [1.165, 1.54) is 12.3 Å². The summed E-state index contributed by atoms with van der Waals surface area (Å²) in [7, 11) is -3.53. The Kier molecular flexibility index (Phi) is 1.59. The van der Waals surface area contributed by atoms with Crippen molar-refractivity contribution in [3.05, 3.63) is 18.3 Å². The van der Waals surface area contributed by atoms with Crippen LogP contribution in [-0.2, 0) is 10.0 Å². The number of hydrogen-bond acceptors (Lipinski definition) is 4. The maximum Gasteiger partial charge on any atom is 0.287 e. The third kappa shape index (κ3) is 1.29. The zero-order valence-corrected chi connectivity index (χ0v) is 7.67. The molecule has 0 amide bonds. The normalized spacial score (nSPS) is 18.4. The minimum Gasteiger partial charge on any atom is -0.327 e. The van der Waals surface area contributed by atoms with Gasteiger partial charge in [-0.3, -0.25) is 0 Å². The first-order valence-corrected chi connectivity index (χ1v) is 5.07. The first-order valence-electron chi connectivity index (χ1n) is 3.63. The van der Waals surface area contributed by atoms with Crippen LogP contribution < -0.4 is 5.32 Å². The van der Waals surface area contributed by atoms with Gasteiger partial charge in [0.1, 0.15) is 10.7 Å². The molecule has 1 aromatic heterocycles. The second-order valence-electron chi connectivity index (χ2n) is 2.63. The third-order valence-corrected chi connectivity index (χ3v) is 3.00. The molecule has 2 rings (SSSR count). The summed E-state index contributed by atoms with van der Waals surface area (Å²) >= 11 is 0. The highest BCUT2D eigenvalue weighted by atomic mass is 32.2. The minimum atomic E-state index is -3.53. The van der Waals surface area contributed by atoms with Crippen LogP contribution in [0.4, 0.5) is 5.82 Å². The molecule has 0 aliphatic carbocycles. The van der Waals surface area contributed by atoms with E-state index in [-0.39, 0.29) is 4.90 Å². The van der Waals surface area contributed by atoms with Gasteiger partial charge in [0.15, 0.2) is 5.82 Å². The predicted molar refractivity (Wildman–Crippen MR) is 48.2 cm³/mol. The van der Waals surface area contributed by atoms with Gasteiger partial charge in [0.05, 0.1) is 0 Å². The number of rotatable bonds is 0. The van der Waals surface area contributed by atoms with Crippen LogP contribution in [0.2, 0.25) is 0 Å². The topological polar surface area (TPSA) is 71.4 Å². The van der Waals surface area contributed by atoms with E-state index < -0.39 is 10.0 Å². The van der Waals surface area contributed by atoms with Crippen molar-refractivity contribution in [3.8, 4) is 0 Å². The summed E-state index contributed by atoms with van der Waals surface area (Å²) < 4.78 is 26.3. The summed E-state index contributed by atoms with van der Waals surface area (Å²) in [6.07, 6.45) is 1.53. The summed E-state index contributed by atoms with van der Waals surface area (Å²) in [6, 6.07) is 3.04. The van der Waals surface area contributed by atoms with Gasteiger partial charge in [-0.15, -0.1) is 4.40 Å². The summed E-state index contributed by atoms with van der Waals surface area (Å²) in [5.74, 6) is 0.682. The molecule has 13 heavy (non-hydrogen) atoms. The molecule has 0 spiro atoms. The molecule has 0 unspecified atom stereocenters. The van der Waals surface area contributed by atoms with Crippen molar-refractivity contribution in [1.82, 2.24) is 4.98 Å². The molecule has 1 aromatic rings. The van der Waals surface area contributed by atoms with Crippen LogP contribution >= 0.6 is 0 Å². The van der Waals surface area contributed by atoms with Crippen molar-refractivity contribution in [2.24, 2.45) is 4.40 Å². The van der Waals surface area contributed by atoms with Crippen LogP contribution in [0, 0.1) is 0 Å². The molecule has 0 atom stereocenters. The number of fused-ring (bicyclic) bond motifs is 1. The number of anilines is 1. The highest BCUT2D eigenvalue weighted by Gasteiger charge is 2.23. The van der Waals surface area contributed by atoms with Gasteiger partial charge in [-0.2, -0.15) is 8.42 Å². The minimum absolute atomic E-state index is 0.126. The molecule has 0 saturated carbocycles. The Bertz CT molecular complexity index is 478. The standard InChI is InChI=1S/C7H7N3O2S/c1-5-9-7-6(3-2-4-8-7)13(11,12)10-5/h2-4H,1H3,(H,8,9,10). The van der Waals surface area contributed by atoms with E-state index in [0.717, 1.165) is 0 Å². The zero-order chi connectivity index (χ0) is 9.47. The Morgan fingerprint density at radius 2 is 2.23 bits per heavy atom. The molecular formula is C7H7N3O2S. The number of amidine groups is 1. The number of pyridine rings is 1. The average Bonchev–Trinajstić information content (AvgIpc) is 2.02. The van der Waals surface area contributed by atoms with Crippen LogP contribution in [0.3, 0.4) is 0 Å². The molecular weight excluding hydrogens is 190 g/mol. The molecule has 5 nitrogen and oxygen atoms in total. The fourth-order valence-electron chi connectivity index (χ4n) is 1.12. The maximum atomic E-state index is 11.4. The highest BCUT2D eigenvalue weighted by Crippen LogP contribution is 2.23. The van der Waals surface area contributed by atoms with Crippen LogP contribution in [0.1, 0.15) is 6.92 Å². The number of sulfonamides is 1. The molecule has 0 radical (unpaired) electrons. The molecule has 6 heteroatoms. The summed E-state index contributed by atoms with van der Waals surface area (Å²) in [5, 5.41) is 2.78. The smallest absolute Gasteiger partial charge is 0.287 e. The molecule has 2 heterocycles. The van der Waals surface area contributed by atoms with Crippen molar-refractivity contribution in [1.29, 1.82) is 0 Å². The molecule has 0 aromatic carbocycles. The van der Waals surface area contributed by atoms with Crippen molar-refractivity contribution in [2.75, 3.05) is 5.32 Å². The van der Waals surface area contributed by atoms with E-state index in [4.69, 9.17) is 0 Å². The second kappa shape index (κ2) is 2.53. The Morgan fingerprint density at radius 3 is 3.00 bits per heavy atom. The summed E-state index contributed by atoms with van der Waals surface area (Å²) in [6.45, 7) is 1.58. The lowest BCUT2D eigenvalue weighted by Crippen LogP contribution is -2.19. The summed E-state index contributed by atoms with van der Waals surface area (Å²) in [5.41, 5.74) is 0. The van der Waals surface area contributed by atoms with Crippen LogP contribution in [-0.4, -0.2) is 19.2 Å². The molecule has 1 N–H and O–H groups in total. The average molecular weight is 197 g/mol. The molecule has 0 fully saturated rings. The van der Waals surface area contributed by atoms with E-state index in [2.05, 4.69) is 14.7 Å². The SMILES string of the molecule is CC1=NS(=O)(=O)c2cccnc2N1. The van der Waals surface area contributed by atoms with Gasteiger partial charge in [-0.25, -0.2) is 4.98 Å². The Labute approximate surface area is 75.6 Å². The molecule has 1 aliphatic heterocycles. The fourth-order valence-corrected chi connectivity index (χ4v) is 2.22. The van der Waals surface area contributed by atoms with Crippen LogP contribution in [0.25, 0.3) is 0 Å². The predicted octanol–water partition coefficient (Wildman–Crippen LogP) is 0.614. The lowest BCUT2D eigenvalue weighted by molar-refractivity contribution is 0.597. The van der Waals surface area contributed by atoms with Gasteiger partial charge in [-0.05, 0) is 19.1 Å². The number of aromatic nitrogens is 1. The first-order chi connectivity index (χ1) is 6.09. The quantitative estimate of drug-likeness (QED) is 0.661. The molecule has 0 bridgehead atoms. The van der Waals surface area contributed by atoms with Crippen LogP contribution in [0.5, 0.6) is 0 Å². The summed E-state index contributed by atoms with van der Waals surface area (Å²) in [4.78, 5) is 4.02. The Balaban J connectivity index is 2.73. The van der Waals surface area contributed by atoms with Gasteiger partial charge >= 0.3 is 0 Å². The zero-order valence-electron chi connectivity index (χ0n) is 6.85. The number of nitrogens with zero attached hydrogens (tertiary/aromatic N) is 2. The maximum absolute atomic E-state index is 11.4. The molecule has 68 valence electrons. The largest absolute Gasteiger partial charge is 0.327 e. The lowest BCUT2D eigenvalue weighted by Gasteiger charge is -2.13. The van der Waals surface area contributed by atoms with E-state index >= 15 is 0 Å². The van der Waals surface area contributed by atoms with E-state index in [9.17, 15) is 8.42 Å². The van der Waals surface area contributed by atoms with Gasteiger partial charge in [-0.1, -0.05) is 0 Å². The monoisotopic (exact) mass is 197 g/mol. The molecule has 0 saturated heterocycles. The second-order valence-corrected chi connectivity index (χ2v) is 4.20. The van der Waals surface area contributed by atoms with Gasteiger partial charge in [0, 0.05) is 6.20 Å². The Hall–Kier alpha value is -1.43. The third-order valence-electron chi connectivity index (χ3n) is 1.61.